The normalized spacial score (nSPS) is 15.0. The second-order valence-electron chi connectivity index (χ2n) is 7.08. The Morgan fingerprint density at radius 1 is 1.13 bits per heavy atom. The van der Waals surface area contributed by atoms with Crippen LogP contribution in [0, 0.1) is 0 Å². The number of rotatable bonds is 7. The van der Waals surface area contributed by atoms with Crippen LogP contribution in [0.4, 0.5) is 4.79 Å². The SMILES string of the molecule is CCOC(=O)N1CCC(NC(N)=NCCOc2ccccc2-c2ccccc2)CC1. The molecule has 2 aromatic carbocycles. The van der Waals surface area contributed by atoms with E-state index in [4.69, 9.17) is 15.2 Å². The van der Waals surface area contributed by atoms with Crippen molar-refractivity contribution in [3.8, 4) is 16.9 Å². The van der Waals surface area contributed by atoms with Crippen LogP contribution in [-0.4, -0.2) is 55.8 Å². The van der Waals surface area contributed by atoms with E-state index in [0.717, 1.165) is 29.7 Å². The first-order valence-corrected chi connectivity index (χ1v) is 10.4. The van der Waals surface area contributed by atoms with Gasteiger partial charge < -0.3 is 25.4 Å². The second-order valence-corrected chi connectivity index (χ2v) is 7.08. The summed E-state index contributed by atoms with van der Waals surface area (Å²) in [5.41, 5.74) is 8.20. The average Bonchev–Trinajstić information content (AvgIpc) is 2.78. The molecule has 0 radical (unpaired) electrons. The minimum atomic E-state index is -0.245. The summed E-state index contributed by atoms with van der Waals surface area (Å²) in [7, 11) is 0. The molecule has 7 heteroatoms. The highest BCUT2D eigenvalue weighted by Crippen LogP contribution is 2.29. The van der Waals surface area contributed by atoms with Crippen molar-refractivity contribution in [2.45, 2.75) is 25.8 Å². The molecule has 1 aliphatic heterocycles. The molecule has 0 saturated carbocycles. The molecule has 0 spiro atoms. The fourth-order valence-electron chi connectivity index (χ4n) is 3.45. The molecule has 3 rings (SSSR count). The van der Waals surface area contributed by atoms with Gasteiger partial charge in [-0.2, -0.15) is 0 Å². The molecule has 0 aromatic heterocycles. The highest BCUT2D eigenvalue weighted by Gasteiger charge is 2.23. The van der Waals surface area contributed by atoms with Crippen molar-refractivity contribution in [1.29, 1.82) is 0 Å². The van der Waals surface area contributed by atoms with E-state index in [2.05, 4.69) is 22.4 Å². The number of guanidine groups is 1. The highest BCUT2D eigenvalue weighted by atomic mass is 16.6. The Labute approximate surface area is 177 Å². The Hall–Kier alpha value is -3.22. The molecule has 7 nitrogen and oxygen atoms in total. The fraction of sp³-hybridized carbons (Fsp3) is 0.391. The lowest BCUT2D eigenvalue weighted by atomic mass is 10.1. The first-order valence-electron chi connectivity index (χ1n) is 10.4. The van der Waals surface area contributed by atoms with Crippen LogP contribution in [0.25, 0.3) is 11.1 Å². The van der Waals surface area contributed by atoms with Gasteiger partial charge in [0, 0.05) is 24.7 Å². The van der Waals surface area contributed by atoms with E-state index in [9.17, 15) is 4.79 Å². The number of carbonyl (C=O) groups is 1. The summed E-state index contributed by atoms with van der Waals surface area (Å²) in [4.78, 5) is 17.9. The van der Waals surface area contributed by atoms with Crippen molar-refractivity contribution in [2.24, 2.45) is 10.7 Å². The number of piperidine rings is 1. The Morgan fingerprint density at radius 3 is 2.57 bits per heavy atom. The molecule has 1 amide bonds. The van der Waals surface area contributed by atoms with Gasteiger partial charge in [-0.25, -0.2) is 9.79 Å². The molecular formula is C23H30N4O3. The quantitative estimate of drug-likeness (QED) is 0.415. The van der Waals surface area contributed by atoms with Crippen LogP contribution in [0.2, 0.25) is 0 Å². The molecule has 0 aliphatic carbocycles. The van der Waals surface area contributed by atoms with Crippen molar-refractivity contribution in [3.63, 3.8) is 0 Å². The summed E-state index contributed by atoms with van der Waals surface area (Å²) >= 11 is 0. The predicted molar refractivity (Wildman–Crippen MR) is 119 cm³/mol. The minimum absolute atomic E-state index is 0.208. The standard InChI is InChI=1S/C23H30N4O3/c1-2-29-23(28)27-15-12-19(13-16-27)26-22(24)25-14-17-30-21-11-7-6-10-20(21)18-8-4-3-5-9-18/h3-11,19H,2,12-17H2,1H3,(H3,24,25,26). The van der Waals surface area contributed by atoms with Crippen LogP contribution in [0.1, 0.15) is 19.8 Å². The number of aliphatic imine (C=N–C) groups is 1. The molecule has 30 heavy (non-hydrogen) atoms. The summed E-state index contributed by atoms with van der Waals surface area (Å²) in [5.74, 6) is 1.24. The molecule has 2 aromatic rings. The van der Waals surface area contributed by atoms with Gasteiger partial charge in [0.15, 0.2) is 5.96 Å². The topological polar surface area (TPSA) is 89.2 Å². The molecule has 0 atom stereocenters. The summed E-state index contributed by atoms with van der Waals surface area (Å²) in [5, 5.41) is 3.24. The third kappa shape index (κ3) is 6.14. The molecule has 1 fully saturated rings. The summed E-state index contributed by atoms with van der Waals surface area (Å²) in [6.45, 7) is 4.42. The molecule has 1 saturated heterocycles. The van der Waals surface area contributed by atoms with E-state index >= 15 is 0 Å². The molecule has 0 unspecified atom stereocenters. The van der Waals surface area contributed by atoms with E-state index in [1.165, 1.54) is 0 Å². The van der Waals surface area contributed by atoms with Crippen LogP contribution in [0.15, 0.2) is 59.6 Å². The molecular weight excluding hydrogens is 380 g/mol. The fourth-order valence-corrected chi connectivity index (χ4v) is 3.45. The Balaban J connectivity index is 1.43. The molecule has 3 N–H and O–H groups in total. The molecule has 0 bridgehead atoms. The minimum Gasteiger partial charge on any atom is -0.491 e. The third-order valence-corrected chi connectivity index (χ3v) is 4.98. The van der Waals surface area contributed by atoms with Gasteiger partial charge in [0.2, 0.25) is 0 Å². The zero-order valence-corrected chi connectivity index (χ0v) is 17.4. The van der Waals surface area contributed by atoms with E-state index in [1.54, 1.807) is 4.90 Å². The van der Waals surface area contributed by atoms with Gasteiger partial charge in [-0.15, -0.1) is 0 Å². The third-order valence-electron chi connectivity index (χ3n) is 4.98. The van der Waals surface area contributed by atoms with Crippen LogP contribution in [0.3, 0.4) is 0 Å². The first kappa shape index (κ1) is 21.5. The number of amides is 1. The van der Waals surface area contributed by atoms with Crippen molar-refractivity contribution in [1.82, 2.24) is 10.2 Å². The summed E-state index contributed by atoms with van der Waals surface area (Å²) in [6, 6.07) is 18.3. The number of hydrogen-bond donors (Lipinski definition) is 2. The number of carbonyl (C=O) groups excluding carboxylic acids is 1. The zero-order chi connectivity index (χ0) is 21.2. The Morgan fingerprint density at radius 2 is 1.83 bits per heavy atom. The van der Waals surface area contributed by atoms with E-state index in [1.807, 2.05) is 49.4 Å². The number of benzene rings is 2. The first-order chi connectivity index (χ1) is 14.7. The van der Waals surface area contributed by atoms with E-state index in [0.29, 0.717) is 38.8 Å². The lowest BCUT2D eigenvalue weighted by Gasteiger charge is -2.31. The van der Waals surface area contributed by atoms with Crippen molar-refractivity contribution < 1.29 is 14.3 Å². The van der Waals surface area contributed by atoms with Gasteiger partial charge in [0.25, 0.3) is 0 Å². The lowest BCUT2D eigenvalue weighted by Crippen LogP contribution is -2.48. The Kier molecular flexibility index (Phi) is 7.94. The van der Waals surface area contributed by atoms with Gasteiger partial charge in [-0.1, -0.05) is 48.5 Å². The summed E-state index contributed by atoms with van der Waals surface area (Å²) < 4.78 is 11.0. The number of nitrogens with zero attached hydrogens (tertiary/aromatic N) is 2. The monoisotopic (exact) mass is 410 g/mol. The van der Waals surface area contributed by atoms with Crippen LogP contribution < -0.4 is 15.8 Å². The van der Waals surface area contributed by atoms with Gasteiger partial charge in [-0.3, -0.25) is 0 Å². The maximum absolute atomic E-state index is 11.8. The van der Waals surface area contributed by atoms with E-state index < -0.39 is 0 Å². The number of para-hydroxylation sites is 1. The molecule has 1 aliphatic rings. The van der Waals surface area contributed by atoms with Crippen LogP contribution in [-0.2, 0) is 4.74 Å². The van der Waals surface area contributed by atoms with Crippen LogP contribution in [0.5, 0.6) is 5.75 Å². The van der Waals surface area contributed by atoms with Gasteiger partial charge in [0.05, 0.1) is 13.2 Å². The van der Waals surface area contributed by atoms with E-state index in [-0.39, 0.29) is 12.1 Å². The smallest absolute Gasteiger partial charge is 0.409 e. The average molecular weight is 411 g/mol. The van der Waals surface area contributed by atoms with Gasteiger partial charge in [-0.05, 0) is 31.4 Å². The number of ether oxygens (including phenoxy) is 2. The number of nitrogens with one attached hydrogen (secondary N) is 1. The van der Waals surface area contributed by atoms with Crippen molar-refractivity contribution in [3.05, 3.63) is 54.6 Å². The van der Waals surface area contributed by atoms with Crippen LogP contribution >= 0.6 is 0 Å². The number of nitrogens with two attached hydrogens (primary N) is 1. The molecule has 160 valence electrons. The second kappa shape index (κ2) is 11.1. The number of likely N-dealkylation sites (tertiary alicyclic amines) is 1. The van der Waals surface area contributed by atoms with Crippen molar-refractivity contribution >= 4 is 12.1 Å². The molecule has 1 heterocycles. The maximum Gasteiger partial charge on any atom is 0.409 e. The summed E-state index contributed by atoms with van der Waals surface area (Å²) in [6.07, 6.45) is 1.39. The van der Waals surface area contributed by atoms with Crippen molar-refractivity contribution in [2.75, 3.05) is 32.8 Å². The lowest BCUT2D eigenvalue weighted by molar-refractivity contribution is 0.0963. The maximum atomic E-state index is 11.8. The largest absolute Gasteiger partial charge is 0.491 e. The van der Waals surface area contributed by atoms with Gasteiger partial charge in [0.1, 0.15) is 12.4 Å². The predicted octanol–water partition coefficient (Wildman–Crippen LogP) is 3.26. The zero-order valence-electron chi connectivity index (χ0n) is 17.4. The highest BCUT2D eigenvalue weighted by molar-refractivity contribution is 5.78. The number of hydrogen-bond acceptors (Lipinski definition) is 4. The Bertz CT molecular complexity index is 833. The van der Waals surface area contributed by atoms with Gasteiger partial charge >= 0.3 is 6.09 Å².